The summed E-state index contributed by atoms with van der Waals surface area (Å²) in [5.41, 5.74) is 8.84. The molecule has 0 heterocycles. The minimum absolute atomic E-state index is 0.392. The Morgan fingerprint density at radius 3 is 2.71 bits per heavy atom. The lowest BCUT2D eigenvalue weighted by molar-refractivity contribution is 0.344. The average molecular weight is 287 g/mol. The van der Waals surface area contributed by atoms with Crippen molar-refractivity contribution >= 4 is 0 Å². The molecular weight excluding hydrogens is 268 g/mol. The molecule has 0 aromatic heterocycles. The molecule has 1 nitrogen and oxygen atoms in total. The van der Waals surface area contributed by atoms with Crippen molar-refractivity contribution in [3.05, 3.63) is 70.8 Å². The predicted octanol–water partition coefficient (Wildman–Crippen LogP) is 4.26. The lowest BCUT2D eigenvalue weighted by atomic mass is 9.70. The van der Waals surface area contributed by atoms with E-state index < -0.39 is 17.2 Å². The Hall–Kier alpha value is -1.74. The first-order valence-electron chi connectivity index (χ1n) is 7.32. The minimum atomic E-state index is -0.582. The second-order valence-corrected chi connectivity index (χ2v) is 6.10. The van der Waals surface area contributed by atoms with Gasteiger partial charge in [0.05, 0.1) is 0 Å². The molecule has 0 aliphatic heterocycles. The summed E-state index contributed by atoms with van der Waals surface area (Å²) >= 11 is 0. The number of halogens is 2. The van der Waals surface area contributed by atoms with Gasteiger partial charge in [0.15, 0.2) is 0 Å². The highest BCUT2D eigenvalue weighted by Gasteiger charge is 2.35. The molecule has 1 aliphatic rings. The average Bonchev–Trinajstić information content (AvgIpc) is 2.47. The van der Waals surface area contributed by atoms with Gasteiger partial charge in [0, 0.05) is 11.6 Å². The number of rotatable bonds is 2. The summed E-state index contributed by atoms with van der Waals surface area (Å²) in [7, 11) is 0. The van der Waals surface area contributed by atoms with Crippen LogP contribution in [0.2, 0.25) is 0 Å². The third-order valence-corrected chi connectivity index (χ3v) is 4.57. The van der Waals surface area contributed by atoms with Gasteiger partial charge in [0.25, 0.3) is 0 Å². The van der Waals surface area contributed by atoms with Gasteiger partial charge in [0.2, 0.25) is 0 Å². The van der Waals surface area contributed by atoms with E-state index in [1.807, 2.05) is 18.2 Å². The van der Waals surface area contributed by atoms with E-state index in [9.17, 15) is 8.78 Å². The SMILES string of the molecule is CC1CCC(N)(Cc2ccc(F)cc2F)c2ccccc21. The number of benzene rings is 2. The van der Waals surface area contributed by atoms with Gasteiger partial charge in [-0.15, -0.1) is 0 Å². The van der Waals surface area contributed by atoms with Crippen LogP contribution in [0.25, 0.3) is 0 Å². The van der Waals surface area contributed by atoms with Crippen molar-refractivity contribution in [2.24, 2.45) is 5.73 Å². The molecule has 21 heavy (non-hydrogen) atoms. The van der Waals surface area contributed by atoms with Crippen molar-refractivity contribution in [3.63, 3.8) is 0 Å². The van der Waals surface area contributed by atoms with Gasteiger partial charge < -0.3 is 5.73 Å². The van der Waals surface area contributed by atoms with Crippen molar-refractivity contribution in [1.82, 2.24) is 0 Å². The van der Waals surface area contributed by atoms with Gasteiger partial charge in [0.1, 0.15) is 11.6 Å². The summed E-state index contributed by atoms with van der Waals surface area (Å²) in [4.78, 5) is 0. The van der Waals surface area contributed by atoms with Gasteiger partial charge >= 0.3 is 0 Å². The third kappa shape index (κ3) is 2.58. The minimum Gasteiger partial charge on any atom is -0.321 e. The lowest BCUT2D eigenvalue weighted by Crippen LogP contribution is -2.43. The molecule has 0 fully saturated rings. The summed E-state index contributed by atoms with van der Waals surface area (Å²) in [5.74, 6) is -0.605. The fraction of sp³-hybridized carbons (Fsp3) is 0.333. The molecule has 0 radical (unpaired) electrons. The molecule has 2 unspecified atom stereocenters. The molecule has 0 bridgehead atoms. The lowest BCUT2D eigenvalue weighted by Gasteiger charge is -2.38. The summed E-state index contributed by atoms with van der Waals surface area (Å²) < 4.78 is 27.0. The molecule has 0 saturated carbocycles. The van der Waals surface area contributed by atoms with Gasteiger partial charge in [-0.25, -0.2) is 8.78 Å². The summed E-state index contributed by atoms with van der Waals surface area (Å²) in [6.07, 6.45) is 2.18. The first kappa shape index (κ1) is 14.2. The highest BCUT2D eigenvalue weighted by atomic mass is 19.1. The Bertz CT molecular complexity index is 668. The van der Waals surface area contributed by atoms with E-state index in [2.05, 4.69) is 13.0 Å². The number of hydrogen-bond acceptors (Lipinski definition) is 1. The van der Waals surface area contributed by atoms with E-state index in [-0.39, 0.29) is 0 Å². The van der Waals surface area contributed by atoms with Crippen LogP contribution < -0.4 is 5.73 Å². The topological polar surface area (TPSA) is 26.0 Å². The van der Waals surface area contributed by atoms with Crippen molar-refractivity contribution in [3.8, 4) is 0 Å². The largest absolute Gasteiger partial charge is 0.321 e. The molecule has 1 aliphatic carbocycles. The molecule has 3 rings (SSSR count). The van der Waals surface area contributed by atoms with Crippen LogP contribution in [0.3, 0.4) is 0 Å². The van der Waals surface area contributed by atoms with E-state index in [1.54, 1.807) is 0 Å². The fourth-order valence-corrected chi connectivity index (χ4v) is 3.33. The maximum atomic E-state index is 13.9. The van der Waals surface area contributed by atoms with Crippen LogP contribution in [0.1, 0.15) is 42.4 Å². The monoisotopic (exact) mass is 287 g/mol. The van der Waals surface area contributed by atoms with Crippen molar-refractivity contribution in [2.75, 3.05) is 0 Å². The van der Waals surface area contributed by atoms with Gasteiger partial charge in [-0.3, -0.25) is 0 Å². The zero-order valence-corrected chi connectivity index (χ0v) is 12.1. The molecule has 0 saturated heterocycles. The van der Waals surface area contributed by atoms with Crippen molar-refractivity contribution in [2.45, 2.75) is 37.6 Å². The van der Waals surface area contributed by atoms with E-state index >= 15 is 0 Å². The molecule has 3 heteroatoms. The normalized spacial score (nSPS) is 24.7. The van der Waals surface area contributed by atoms with E-state index in [0.29, 0.717) is 17.9 Å². The standard InChI is InChI=1S/C18H19F2N/c1-12-8-9-18(21,16-5-3-2-4-15(12)16)11-13-6-7-14(19)10-17(13)20/h2-7,10,12H,8-9,11,21H2,1H3. The van der Waals surface area contributed by atoms with Crippen molar-refractivity contribution < 1.29 is 8.78 Å². The van der Waals surface area contributed by atoms with Crippen molar-refractivity contribution in [1.29, 1.82) is 0 Å². The highest BCUT2D eigenvalue weighted by molar-refractivity contribution is 5.40. The van der Waals surface area contributed by atoms with Crippen LogP contribution in [0.4, 0.5) is 8.78 Å². The molecule has 0 amide bonds. The predicted molar refractivity (Wildman–Crippen MR) is 80.0 cm³/mol. The third-order valence-electron chi connectivity index (χ3n) is 4.57. The summed E-state index contributed by atoms with van der Waals surface area (Å²) in [6.45, 7) is 2.19. The Morgan fingerprint density at radius 1 is 1.19 bits per heavy atom. The molecule has 2 atom stereocenters. The maximum absolute atomic E-state index is 13.9. The van der Waals surface area contributed by atoms with E-state index in [1.165, 1.54) is 17.7 Å². The van der Waals surface area contributed by atoms with E-state index in [0.717, 1.165) is 24.5 Å². The van der Waals surface area contributed by atoms with Crippen LogP contribution in [-0.4, -0.2) is 0 Å². The molecular formula is C18H19F2N. The fourth-order valence-electron chi connectivity index (χ4n) is 3.33. The molecule has 110 valence electrons. The zero-order valence-electron chi connectivity index (χ0n) is 12.1. The second-order valence-electron chi connectivity index (χ2n) is 6.10. The Morgan fingerprint density at radius 2 is 1.95 bits per heavy atom. The van der Waals surface area contributed by atoms with Gasteiger partial charge in [-0.1, -0.05) is 37.3 Å². The maximum Gasteiger partial charge on any atom is 0.129 e. The Kier molecular flexibility index (Phi) is 3.54. The number of fused-ring (bicyclic) bond motifs is 1. The smallest absolute Gasteiger partial charge is 0.129 e. The quantitative estimate of drug-likeness (QED) is 0.877. The molecule has 2 aromatic carbocycles. The van der Waals surface area contributed by atoms with Crippen LogP contribution in [0.15, 0.2) is 42.5 Å². The van der Waals surface area contributed by atoms with Crippen LogP contribution in [-0.2, 0) is 12.0 Å². The Balaban J connectivity index is 2.00. The molecule has 2 aromatic rings. The first-order chi connectivity index (χ1) is 9.99. The highest BCUT2D eigenvalue weighted by Crippen LogP contribution is 2.41. The Labute approximate surface area is 123 Å². The van der Waals surface area contributed by atoms with Gasteiger partial charge in [-0.05, 0) is 47.9 Å². The van der Waals surface area contributed by atoms with Crippen LogP contribution in [0, 0.1) is 11.6 Å². The number of hydrogen-bond donors (Lipinski definition) is 1. The van der Waals surface area contributed by atoms with E-state index in [4.69, 9.17) is 5.73 Å². The molecule has 0 spiro atoms. The first-order valence-corrected chi connectivity index (χ1v) is 7.32. The summed E-state index contributed by atoms with van der Waals surface area (Å²) in [5, 5.41) is 0. The molecule has 2 N–H and O–H groups in total. The zero-order chi connectivity index (χ0) is 15.0. The number of nitrogens with two attached hydrogens (primary N) is 1. The summed E-state index contributed by atoms with van der Waals surface area (Å²) in [6, 6.07) is 11.8. The van der Waals surface area contributed by atoms with Crippen LogP contribution in [0.5, 0.6) is 0 Å². The van der Waals surface area contributed by atoms with Gasteiger partial charge in [-0.2, -0.15) is 0 Å². The second kappa shape index (κ2) is 5.23. The van der Waals surface area contributed by atoms with Crippen LogP contribution >= 0.6 is 0 Å².